The number of benzene rings is 2. The van der Waals surface area contributed by atoms with Crippen molar-refractivity contribution in [2.24, 2.45) is 0 Å². The van der Waals surface area contributed by atoms with Crippen molar-refractivity contribution in [3.05, 3.63) is 89.0 Å². The Morgan fingerprint density at radius 1 is 1.07 bits per heavy atom. The normalized spacial score (nSPS) is 10.6. The summed E-state index contributed by atoms with van der Waals surface area (Å²) in [5.74, 6) is 2.27. The van der Waals surface area contributed by atoms with Crippen molar-refractivity contribution in [1.29, 1.82) is 5.26 Å². The summed E-state index contributed by atoms with van der Waals surface area (Å²) in [6.45, 7) is 0.914. The Bertz CT molecular complexity index is 1140. The number of oxazole rings is 1. The van der Waals surface area contributed by atoms with Gasteiger partial charge >= 0.3 is 0 Å². The zero-order valence-electron chi connectivity index (χ0n) is 16.2. The van der Waals surface area contributed by atoms with Crippen LogP contribution in [0.3, 0.4) is 0 Å². The van der Waals surface area contributed by atoms with E-state index >= 15 is 0 Å². The minimum atomic E-state index is 0.208. The number of rotatable bonds is 7. The summed E-state index contributed by atoms with van der Waals surface area (Å²) in [7, 11) is 1.63. The smallest absolute Gasteiger partial charge is 0.235 e. The summed E-state index contributed by atoms with van der Waals surface area (Å²) >= 11 is 5.97. The van der Waals surface area contributed by atoms with Gasteiger partial charge in [-0.15, -0.1) is 0 Å². The Balaban J connectivity index is 1.70. The van der Waals surface area contributed by atoms with Crippen molar-refractivity contribution in [1.82, 2.24) is 4.98 Å². The van der Waals surface area contributed by atoms with E-state index in [1.54, 1.807) is 37.6 Å². The lowest BCUT2D eigenvalue weighted by molar-refractivity contribution is 0.414. The molecule has 30 heavy (non-hydrogen) atoms. The molecule has 0 aliphatic rings. The van der Waals surface area contributed by atoms with E-state index in [-0.39, 0.29) is 5.69 Å². The number of methoxy groups -OCH3 is 1. The van der Waals surface area contributed by atoms with Crippen LogP contribution in [-0.4, -0.2) is 12.1 Å². The van der Waals surface area contributed by atoms with Gasteiger partial charge in [0.25, 0.3) is 0 Å². The van der Waals surface area contributed by atoms with Crippen LogP contribution in [0.1, 0.15) is 17.0 Å². The van der Waals surface area contributed by atoms with Gasteiger partial charge in [-0.25, -0.2) is 0 Å². The van der Waals surface area contributed by atoms with Gasteiger partial charge in [0.15, 0.2) is 0 Å². The van der Waals surface area contributed by atoms with Crippen LogP contribution in [0.5, 0.6) is 5.75 Å². The molecular formula is C23H18ClN3O3. The van der Waals surface area contributed by atoms with Crippen molar-refractivity contribution < 1.29 is 13.6 Å². The molecule has 2 heterocycles. The summed E-state index contributed by atoms with van der Waals surface area (Å²) in [5, 5.41) is 10.3. The molecule has 0 radical (unpaired) electrons. The fourth-order valence-electron chi connectivity index (χ4n) is 3.06. The van der Waals surface area contributed by atoms with Crippen molar-refractivity contribution in [2.45, 2.75) is 13.1 Å². The predicted molar refractivity (Wildman–Crippen MR) is 113 cm³/mol. The van der Waals surface area contributed by atoms with Gasteiger partial charge in [0.05, 0.1) is 19.9 Å². The Morgan fingerprint density at radius 3 is 2.47 bits per heavy atom. The number of anilines is 1. The minimum absolute atomic E-state index is 0.208. The second-order valence-corrected chi connectivity index (χ2v) is 7.01. The average Bonchev–Trinajstić information content (AvgIpc) is 3.44. The Kier molecular flexibility index (Phi) is 5.73. The van der Waals surface area contributed by atoms with Gasteiger partial charge in [0, 0.05) is 17.1 Å². The molecular weight excluding hydrogens is 402 g/mol. The van der Waals surface area contributed by atoms with E-state index in [1.165, 1.54) is 0 Å². The van der Waals surface area contributed by atoms with E-state index < -0.39 is 0 Å². The highest BCUT2D eigenvalue weighted by Gasteiger charge is 2.22. The highest BCUT2D eigenvalue weighted by atomic mass is 35.5. The topological polar surface area (TPSA) is 75.4 Å². The lowest BCUT2D eigenvalue weighted by Crippen LogP contribution is -2.22. The van der Waals surface area contributed by atoms with Gasteiger partial charge in [0.2, 0.25) is 17.5 Å². The molecule has 150 valence electrons. The zero-order chi connectivity index (χ0) is 20.9. The summed E-state index contributed by atoms with van der Waals surface area (Å²) in [6, 6.07) is 20.7. The second kappa shape index (κ2) is 8.76. The standard InChI is InChI=1S/C23H18ClN3O3/c1-28-19-10-4-16(5-11-19)14-27(15-20-3-2-12-29-20)23-21(13-25)26-22(30-23)17-6-8-18(24)9-7-17/h2-12H,14-15H2,1H3. The molecule has 2 aromatic carbocycles. The third-order valence-electron chi connectivity index (χ3n) is 4.55. The number of ether oxygens (including phenoxy) is 1. The van der Waals surface area contributed by atoms with E-state index in [1.807, 2.05) is 41.3 Å². The Labute approximate surface area is 178 Å². The molecule has 0 N–H and O–H groups in total. The third kappa shape index (κ3) is 4.32. The number of hydrogen-bond acceptors (Lipinski definition) is 6. The molecule has 7 heteroatoms. The lowest BCUT2D eigenvalue weighted by atomic mass is 10.2. The largest absolute Gasteiger partial charge is 0.497 e. The van der Waals surface area contributed by atoms with Crippen LogP contribution in [0.15, 0.2) is 75.8 Å². The zero-order valence-corrected chi connectivity index (χ0v) is 17.0. The number of hydrogen-bond donors (Lipinski definition) is 0. The molecule has 0 bridgehead atoms. The molecule has 0 fully saturated rings. The van der Waals surface area contributed by atoms with Gasteiger partial charge in [-0.05, 0) is 54.1 Å². The van der Waals surface area contributed by atoms with Gasteiger partial charge in [-0.3, -0.25) is 0 Å². The summed E-state index contributed by atoms with van der Waals surface area (Å²) in [6.07, 6.45) is 1.62. The first kappa shape index (κ1) is 19.6. The molecule has 0 amide bonds. The van der Waals surface area contributed by atoms with Crippen LogP contribution in [0, 0.1) is 11.3 Å². The maximum atomic E-state index is 9.67. The maximum Gasteiger partial charge on any atom is 0.235 e. The van der Waals surface area contributed by atoms with Crippen LogP contribution < -0.4 is 9.64 Å². The highest BCUT2D eigenvalue weighted by Crippen LogP contribution is 2.31. The molecule has 0 spiro atoms. The fraction of sp³-hybridized carbons (Fsp3) is 0.130. The van der Waals surface area contributed by atoms with E-state index in [0.717, 1.165) is 22.6 Å². The molecule has 6 nitrogen and oxygen atoms in total. The van der Waals surface area contributed by atoms with Crippen LogP contribution in [0.2, 0.25) is 5.02 Å². The first-order chi connectivity index (χ1) is 14.7. The molecule has 2 aromatic heterocycles. The van der Waals surface area contributed by atoms with Crippen molar-refractivity contribution in [3.8, 4) is 23.3 Å². The molecule has 0 saturated carbocycles. The average molecular weight is 420 g/mol. The van der Waals surface area contributed by atoms with Gasteiger partial charge in [0.1, 0.15) is 17.6 Å². The van der Waals surface area contributed by atoms with Gasteiger partial charge < -0.3 is 18.5 Å². The van der Waals surface area contributed by atoms with Crippen LogP contribution in [0.25, 0.3) is 11.5 Å². The summed E-state index contributed by atoms with van der Waals surface area (Å²) in [4.78, 5) is 6.31. The number of nitriles is 1. The maximum absolute atomic E-state index is 9.67. The molecule has 0 atom stereocenters. The second-order valence-electron chi connectivity index (χ2n) is 6.57. The molecule has 0 unspecified atom stereocenters. The molecule has 4 rings (SSSR count). The quantitative estimate of drug-likeness (QED) is 0.384. The third-order valence-corrected chi connectivity index (χ3v) is 4.80. The van der Waals surface area contributed by atoms with Gasteiger partial charge in [-0.1, -0.05) is 23.7 Å². The van der Waals surface area contributed by atoms with E-state index in [0.29, 0.717) is 29.9 Å². The predicted octanol–water partition coefficient (Wildman–Crippen LogP) is 5.68. The highest BCUT2D eigenvalue weighted by molar-refractivity contribution is 6.30. The van der Waals surface area contributed by atoms with Crippen LogP contribution in [0.4, 0.5) is 5.88 Å². The first-order valence-electron chi connectivity index (χ1n) is 9.23. The molecule has 4 aromatic rings. The molecule has 0 aliphatic carbocycles. The Morgan fingerprint density at radius 2 is 1.83 bits per heavy atom. The fourth-order valence-corrected chi connectivity index (χ4v) is 3.18. The van der Waals surface area contributed by atoms with E-state index in [9.17, 15) is 5.26 Å². The van der Waals surface area contributed by atoms with Crippen LogP contribution in [-0.2, 0) is 13.1 Å². The molecule has 0 aliphatic heterocycles. The van der Waals surface area contributed by atoms with Crippen molar-refractivity contribution in [2.75, 3.05) is 12.0 Å². The van der Waals surface area contributed by atoms with Gasteiger partial charge in [-0.2, -0.15) is 10.2 Å². The van der Waals surface area contributed by atoms with Crippen molar-refractivity contribution >= 4 is 17.5 Å². The monoisotopic (exact) mass is 419 g/mol. The number of furan rings is 1. The SMILES string of the molecule is COc1ccc(CN(Cc2ccco2)c2oc(-c3ccc(Cl)cc3)nc2C#N)cc1. The minimum Gasteiger partial charge on any atom is -0.497 e. The first-order valence-corrected chi connectivity index (χ1v) is 9.61. The number of nitrogens with zero attached hydrogens (tertiary/aromatic N) is 3. The lowest BCUT2D eigenvalue weighted by Gasteiger charge is -2.21. The van der Waals surface area contributed by atoms with E-state index in [4.69, 9.17) is 25.2 Å². The summed E-state index contributed by atoms with van der Waals surface area (Å²) in [5.41, 5.74) is 1.97. The van der Waals surface area contributed by atoms with Crippen molar-refractivity contribution in [3.63, 3.8) is 0 Å². The van der Waals surface area contributed by atoms with E-state index in [2.05, 4.69) is 11.1 Å². The molecule has 0 saturated heterocycles. The Hall–Kier alpha value is -3.69. The van der Waals surface area contributed by atoms with Crippen LogP contribution >= 0.6 is 11.6 Å². The number of aromatic nitrogens is 1. The number of halogens is 1. The summed E-state index contributed by atoms with van der Waals surface area (Å²) < 4.78 is 16.8.